The third kappa shape index (κ3) is 5.50. The molecule has 0 aliphatic rings. The molecule has 8 nitrogen and oxygen atoms in total. The smallest absolute Gasteiger partial charge is 0.262 e. The molecule has 0 fully saturated rings. The van der Waals surface area contributed by atoms with Gasteiger partial charge in [-0.2, -0.15) is 0 Å². The molecule has 5 aromatic heterocycles. The van der Waals surface area contributed by atoms with Crippen LogP contribution in [0.2, 0.25) is 0 Å². The SMILES string of the molecule is CCCCC(CC)Cn1c(=O)c2ccc3c4nc5c(-c6cccs6)c6c(=O)n(CC(CC)CCCC)c(=O)c6c(-c6cccs6)c5nc4c4ccc(c1=O)c2c34. The average molecular weight is 781 g/mol. The summed E-state index contributed by atoms with van der Waals surface area (Å²) in [6.45, 7) is 9.34. The van der Waals surface area contributed by atoms with Crippen molar-refractivity contribution in [3.05, 3.63) is 101 Å². The molecule has 0 amide bonds. The van der Waals surface area contributed by atoms with Gasteiger partial charge in [0.25, 0.3) is 22.2 Å². The second-order valence-corrected chi connectivity index (χ2v) is 17.3. The molecule has 0 saturated heterocycles. The minimum atomic E-state index is -0.284. The number of aromatic nitrogens is 4. The average Bonchev–Trinajstić information content (AvgIpc) is 4.04. The summed E-state index contributed by atoms with van der Waals surface area (Å²) in [5.41, 5.74) is 2.55. The van der Waals surface area contributed by atoms with E-state index in [9.17, 15) is 19.2 Å². The van der Waals surface area contributed by atoms with Crippen LogP contribution in [0.25, 0.3) is 86.0 Å². The van der Waals surface area contributed by atoms with Crippen LogP contribution in [0.3, 0.4) is 0 Å². The fourth-order valence-electron chi connectivity index (χ4n) is 9.07. The normalized spacial score (nSPS) is 13.5. The Morgan fingerprint density at radius 3 is 1.32 bits per heavy atom. The van der Waals surface area contributed by atoms with Gasteiger partial charge in [-0.1, -0.05) is 90.5 Å². The molecule has 0 spiro atoms. The van der Waals surface area contributed by atoms with Crippen LogP contribution in [0.15, 0.2) is 78.5 Å². The highest BCUT2D eigenvalue weighted by molar-refractivity contribution is 7.14. The van der Waals surface area contributed by atoms with Crippen LogP contribution in [0.4, 0.5) is 0 Å². The first-order valence-corrected chi connectivity index (χ1v) is 21.9. The second-order valence-electron chi connectivity index (χ2n) is 15.4. The maximum Gasteiger partial charge on any atom is 0.262 e. The maximum atomic E-state index is 14.7. The molecule has 56 heavy (non-hydrogen) atoms. The molecule has 0 N–H and O–H groups in total. The van der Waals surface area contributed by atoms with Gasteiger partial charge in [-0.3, -0.25) is 28.3 Å². The van der Waals surface area contributed by atoms with Crippen LogP contribution in [-0.2, 0) is 13.1 Å². The fourth-order valence-corrected chi connectivity index (χ4v) is 10.6. The molecule has 2 unspecified atom stereocenters. The van der Waals surface area contributed by atoms with E-state index in [1.165, 1.54) is 31.8 Å². The Labute approximate surface area is 331 Å². The minimum absolute atomic E-state index is 0.209. The first kappa shape index (κ1) is 36.6. The van der Waals surface area contributed by atoms with Gasteiger partial charge in [-0.15, -0.1) is 22.7 Å². The van der Waals surface area contributed by atoms with E-state index in [1.54, 1.807) is 0 Å². The molecular weight excluding hydrogens is 737 g/mol. The molecule has 4 aromatic carbocycles. The summed E-state index contributed by atoms with van der Waals surface area (Å²) in [5.74, 6) is 0.455. The lowest BCUT2D eigenvalue weighted by atomic mass is 9.97. The van der Waals surface area contributed by atoms with Crippen molar-refractivity contribution in [3.8, 4) is 20.9 Å². The van der Waals surface area contributed by atoms with Gasteiger partial charge in [-0.05, 0) is 59.7 Å². The molecule has 2 atom stereocenters. The lowest BCUT2D eigenvalue weighted by molar-refractivity contribution is 0.382. The van der Waals surface area contributed by atoms with E-state index in [0.29, 0.717) is 73.2 Å². The lowest BCUT2D eigenvalue weighted by Gasteiger charge is -2.17. The number of rotatable bonds is 14. The van der Waals surface area contributed by atoms with Crippen molar-refractivity contribution in [2.24, 2.45) is 11.8 Å². The van der Waals surface area contributed by atoms with Crippen molar-refractivity contribution in [3.63, 3.8) is 0 Å². The van der Waals surface area contributed by atoms with E-state index in [1.807, 2.05) is 59.3 Å². The number of fused-ring (bicyclic) bond motifs is 5. The molecule has 0 bridgehead atoms. The Balaban J connectivity index is 1.38. The highest BCUT2D eigenvalue weighted by Gasteiger charge is 2.30. The van der Waals surface area contributed by atoms with Gasteiger partial charge < -0.3 is 0 Å². The van der Waals surface area contributed by atoms with Crippen LogP contribution < -0.4 is 22.2 Å². The fraction of sp³-hybridized carbons (Fsp3) is 0.348. The number of unbranched alkanes of at least 4 members (excludes halogenated alkanes) is 2. The summed E-state index contributed by atoms with van der Waals surface area (Å²) >= 11 is 3.01. The third-order valence-corrected chi connectivity index (χ3v) is 13.9. The Morgan fingerprint density at radius 2 is 0.929 bits per heavy atom. The van der Waals surface area contributed by atoms with Crippen molar-refractivity contribution in [2.75, 3.05) is 0 Å². The van der Waals surface area contributed by atoms with Crippen molar-refractivity contribution in [1.82, 2.24) is 19.1 Å². The quantitative estimate of drug-likeness (QED) is 0.109. The standard InChI is InChI=1S/C46H44N4O4S2/c1-5-9-13-25(7-3)23-49-43(51)29-19-17-27-33-28(18-20-30(34(29)33)44(49)52)40-39(27)47-41-35(31-15-11-21-55-31)37-38(36(42(41)48-40)32-16-12-22-56-32)46(54)50(45(37)53)24-26(8-4)14-10-6-2/h11-12,15-22,25-26H,5-10,13-14,23-24H2,1-4H3. The van der Waals surface area contributed by atoms with Crippen molar-refractivity contribution in [2.45, 2.75) is 92.2 Å². The molecule has 9 rings (SSSR count). The van der Waals surface area contributed by atoms with Crippen LogP contribution in [0.5, 0.6) is 0 Å². The summed E-state index contributed by atoms with van der Waals surface area (Å²) in [6.07, 6.45) is 7.93. The lowest BCUT2D eigenvalue weighted by Crippen LogP contribution is -2.35. The zero-order valence-corrected chi connectivity index (χ0v) is 33.9. The number of hydrogen-bond donors (Lipinski definition) is 0. The largest absolute Gasteiger partial charge is 0.274 e. The van der Waals surface area contributed by atoms with Gasteiger partial charge in [0.15, 0.2) is 0 Å². The van der Waals surface area contributed by atoms with Gasteiger partial charge in [0, 0.05) is 66.3 Å². The molecule has 10 heteroatoms. The van der Waals surface area contributed by atoms with Crippen molar-refractivity contribution >= 4 is 87.8 Å². The third-order valence-electron chi connectivity index (χ3n) is 12.2. The molecule has 0 saturated carbocycles. The predicted molar refractivity (Wildman–Crippen MR) is 235 cm³/mol. The predicted octanol–water partition coefficient (Wildman–Crippen LogP) is 10.6. The van der Waals surface area contributed by atoms with Gasteiger partial charge >= 0.3 is 0 Å². The highest BCUT2D eigenvalue weighted by Crippen LogP contribution is 2.46. The molecule has 0 aliphatic carbocycles. The van der Waals surface area contributed by atoms with E-state index in [2.05, 4.69) is 27.7 Å². The number of pyridine rings is 1. The van der Waals surface area contributed by atoms with Crippen molar-refractivity contribution < 1.29 is 0 Å². The van der Waals surface area contributed by atoms with Gasteiger partial charge in [-0.25, -0.2) is 9.97 Å². The Bertz CT molecular complexity index is 2950. The number of benzene rings is 3. The van der Waals surface area contributed by atoms with Crippen molar-refractivity contribution in [1.29, 1.82) is 0 Å². The van der Waals surface area contributed by atoms with E-state index in [-0.39, 0.29) is 34.1 Å². The summed E-state index contributed by atoms with van der Waals surface area (Å²) in [4.78, 5) is 70.3. The highest BCUT2D eigenvalue weighted by atomic mass is 32.1. The van der Waals surface area contributed by atoms with Gasteiger partial charge in [0.05, 0.1) is 32.8 Å². The Hall–Kier alpha value is -5.06. The molecule has 0 radical (unpaired) electrons. The summed E-state index contributed by atoms with van der Waals surface area (Å²) in [7, 11) is 0. The van der Waals surface area contributed by atoms with Gasteiger partial charge in [0.2, 0.25) is 0 Å². The number of nitrogens with zero attached hydrogens (tertiary/aromatic N) is 4. The zero-order valence-electron chi connectivity index (χ0n) is 32.2. The number of thiophene rings is 2. The van der Waals surface area contributed by atoms with Crippen LogP contribution in [-0.4, -0.2) is 19.1 Å². The second kappa shape index (κ2) is 14.5. The molecule has 9 aromatic rings. The Morgan fingerprint density at radius 1 is 0.518 bits per heavy atom. The van der Waals surface area contributed by atoms with Gasteiger partial charge in [0.1, 0.15) is 0 Å². The van der Waals surface area contributed by atoms with Crippen LogP contribution in [0, 0.1) is 11.8 Å². The molecular formula is C46H44N4O4S2. The zero-order chi connectivity index (χ0) is 38.8. The van der Waals surface area contributed by atoms with E-state index >= 15 is 0 Å². The summed E-state index contributed by atoms with van der Waals surface area (Å²) < 4.78 is 2.92. The maximum absolute atomic E-state index is 14.7. The van der Waals surface area contributed by atoms with E-state index in [4.69, 9.17) is 9.97 Å². The summed E-state index contributed by atoms with van der Waals surface area (Å²) in [5, 5.41) is 8.80. The van der Waals surface area contributed by atoms with E-state index < -0.39 is 0 Å². The minimum Gasteiger partial charge on any atom is -0.274 e. The topological polar surface area (TPSA) is 104 Å². The first-order valence-electron chi connectivity index (χ1n) is 20.1. The Kier molecular flexibility index (Phi) is 9.45. The molecule has 0 aliphatic heterocycles. The monoisotopic (exact) mass is 780 g/mol. The van der Waals surface area contributed by atoms with Crippen LogP contribution >= 0.6 is 22.7 Å². The van der Waals surface area contributed by atoms with Crippen LogP contribution in [0.1, 0.15) is 79.1 Å². The molecule has 284 valence electrons. The van der Waals surface area contributed by atoms with E-state index in [0.717, 1.165) is 77.3 Å². The first-order chi connectivity index (χ1) is 27.3. The summed E-state index contributed by atoms with van der Waals surface area (Å²) in [6, 6.07) is 15.4. The molecule has 5 heterocycles. The number of hydrogen-bond acceptors (Lipinski definition) is 8.